The summed E-state index contributed by atoms with van der Waals surface area (Å²) in [4.78, 5) is 18.5. The molecule has 0 atom stereocenters. The van der Waals surface area contributed by atoms with Gasteiger partial charge in [-0.2, -0.15) is 5.10 Å². The van der Waals surface area contributed by atoms with Crippen LogP contribution >= 0.6 is 0 Å². The Morgan fingerprint density at radius 2 is 2.04 bits per heavy atom. The largest absolute Gasteiger partial charge is 0.490 e. The van der Waals surface area contributed by atoms with Gasteiger partial charge in [-0.1, -0.05) is 0 Å². The van der Waals surface area contributed by atoms with E-state index in [0.717, 1.165) is 24.2 Å². The lowest BCUT2D eigenvalue weighted by molar-refractivity contribution is 0.0594. The summed E-state index contributed by atoms with van der Waals surface area (Å²) in [6.45, 7) is 7.50. The molecule has 1 saturated heterocycles. The topological polar surface area (TPSA) is 60.2 Å². The normalized spacial score (nSPS) is 15.8. The number of rotatable bonds is 4. The van der Waals surface area contributed by atoms with E-state index in [9.17, 15) is 4.79 Å². The zero-order valence-corrected chi connectivity index (χ0v) is 14.5. The predicted octanol–water partition coefficient (Wildman–Crippen LogP) is 2.85. The number of carbonyl (C=O) groups excluding carboxylic acids is 1. The maximum atomic E-state index is 12.6. The predicted molar refractivity (Wildman–Crippen MR) is 91.1 cm³/mol. The second-order valence-electron chi connectivity index (χ2n) is 6.55. The molecule has 0 bridgehead atoms. The molecule has 6 heteroatoms. The van der Waals surface area contributed by atoms with E-state index in [2.05, 4.69) is 10.1 Å². The van der Waals surface area contributed by atoms with Crippen molar-refractivity contribution in [3.63, 3.8) is 0 Å². The fourth-order valence-electron chi connectivity index (χ4n) is 2.86. The molecule has 0 N–H and O–H groups in total. The Bertz CT molecular complexity index is 703. The molecule has 0 aromatic carbocycles. The van der Waals surface area contributed by atoms with E-state index in [1.807, 2.05) is 42.6 Å². The van der Waals surface area contributed by atoms with Crippen LogP contribution in [0, 0.1) is 6.92 Å². The summed E-state index contributed by atoms with van der Waals surface area (Å²) in [5.74, 6) is 0.938. The molecule has 128 valence electrons. The molecule has 0 aliphatic carbocycles. The zero-order chi connectivity index (χ0) is 17.1. The molecular formula is C18H24N4O2. The Kier molecular flexibility index (Phi) is 4.83. The van der Waals surface area contributed by atoms with Gasteiger partial charge >= 0.3 is 0 Å². The van der Waals surface area contributed by atoms with Crippen molar-refractivity contribution in [2.45, 2.75) is 45.8 Å². The lowest BCUT2D eigenvalue weighted by atomic mass is 10.1. The first-order valence-corrected chi connectivity index (χ1v) is 8.45. The maximum absolute atomic E-state index is 12.6. The summed E-state index contributed by atoms with van der Waals surface area (Å²) in [6.07, 6.45) is 8.86. The number of hydrogen-bond acceptors (Lipinski definition) is 4. The number of aryl methyl sites for hydroxylation is 1. The van der Waals surface area contributed by atoms with Crippen LogP contribution in [-0.4, -0.2) is 44.8 Å². The third-order valence-electron chi connectivity index (χ3n) is 4.37. The number of hydrogen-bond donors (Lipinski definition) is 0. The summed E-state index contributed by atoms with van der Waals surface area (Å²) in [7, 11) is 0. The summed E-state index contributed by atoms with van der Waals surface area (Å²) >= 11 is 0. The van der Waals surface area contributed by atoms with Gasteiger partial charge in [-0.25, -0.2) is 0 Å². The number of likely N-dealkylation sites (tertiary alicyclic amines) is 1. The molecule has 6 nitrogen and oxygen atoms in total. The molecule has 1 aliphatic heterocycles. The summed E-state index contributed by atoms with van der Waals surface area (Å²) < 4.78 is 7.88. The van der Waals surface area contributed by atoms with Crippen molar-refractivity contribution >= 4 is 5.91 Å². The number of pyridine rings is 1. The van der Waals surface area contributed by atoms with Crippen LogP contribution in [0.25, 0.3) is 0 Å². The molecule has 2 aromatic heterocycles. The minimum Gasteiger partial charge on any atom is -0.490 e. The van der Waals surface area contributed by atoms with Crippen LogP contribution < -0.4 is 4.74 Å². The molecule has 24 heavy (non-hydrogen) atoms. The molecule has 1 aliphatic rings. The number of nitrogens with zero attached hydrogens (tertiary/aromatic N) is 4. The summed E-state index contributed by atoms with van der Waals surface area (Å²) in [5, 5.41) is 4.25. The minimum atomic E-state index is 0.0560. The van der Waals surface area contributed by atoms with E-state index < -0.39 is 0 Å². The van der Waals surface area contributed by atoms with Gasteiger partial charge in [0.25, 0.3) is 5.91 Å². The third kappa shape index (κ3) is 3.58. The highest BCUT2D eigenvalue weighted by Gasteiger charge is 2.25. The van der Waals surface area contributed by atoms with Crippen LogP contribution in [0.4, 0.5) is 0 Å². The highest BCUT2D eigenvalue weighted by molar-refractivity contribution is 5.93. The van der Waals surface area contributed by atoms with E-state index in [-0.39, 0.29) is 18.1 Å². The minimum absolute atomic E-state index is 0.0560. The first kappa shape index (κ1) is 16.5. The van der Waals surface area contributed by atoms with E-state index in [1.165, 1.54) is 0 Å². The van der Waals surface area contributed by atoms with Crippen molar-refractivity contribution < 1.29 is 9.53 Å². The smallest absolute Gasteiger partial charge is 0.257 e. The van der Waals surface area contributed by atoms with Crippen LogP contribution in [0.5, 0.6) is 5.75 Å². The fraction of sp³-hybridized carbons (Fsp3) is 0.500. The Hall–Kier alpha value is -2.37. The average Bonchev–Trinajstić information content (AvgIpc) is 3.07. The van der Waals surface area contributed by atoms with Gasteiger partial charge in [0.1, 0.15) is 11.9 Å². The molecule has 1 fully saturated rings. The number of carbonyl (C=O) groups is 1. The lowest BCUT2D eigenvalue weighted by Crippen LogP contribution is -2.41. The quantitative estimate of drug-likeness (QED) is 0.866. The van der Waals surface area contributed by atoms with Crippen LogP contribution in [0.1, 0.15) is 48.7 Å². The highest BCUT2D eigenvalue weighted by Crippen LogP contribution is 2.22. The first-order valence-electron chi connectivity index (χ1n) is 8.45. The molecule has 0 radical (unpaired) electrons. The Labute approximate surface area is 142 Å². The molecule has 2 aromatic rings. The van der Waals surface area contributed by atoms with E-state index in [4.69, 9.17) is 4.74 Å². The van der Waals surface area contributed by atoms with E-state index >= 15 is 0 Å². The average molecular weight is 328 g/mol. The molecule has 0 saturated carbocycles. The fourth-order valence-corrected chi connectivity index (χ4v) is 2.86. The lowest BCUT2D eigenvalue weighted by Gasteiger charge is -2.32. The van der Waals surface area contributed by atoms with Crippen LogP contribution in [0.3, 0.4) is 0 Å². The van der Waals surface area contributed by atoms with Gasteiger partial charge in [0, 0.05) is 56.1 Å². The Morgan fingerprint density at radius 3 is 2.67 bits per heavy atom. The number of piperidine rings is 1. The highest BCUT2D eigenvalue weighted by atomic mass is 16.5. The molecule has 0 unspecified atom stereocenters. The second-order valence-corrected chi connectivity index (χ2v) is 6.55. The Morgan fingerprint density at radius 1 is 1.29 bits per heavy atom. The molecule has 0 spiro atoms. The SMILES string of the molecule is Cc1cnccc1OC1CCN(C(=O)c2cnn(C(C)C)c2)CC1. The first-order chi connectivity index (χ1) is 11.5. The molecule has 1 amide bonds. The number of ether oxygens (including phenoxy) is 1. The van der Waals surface area contributed by atoms with Crippen LogP contribution in [0.2, 0.25) is 0 Å². The second kappa shape index (κ2) is 7.03. The van der Waals surface area contributed by atoms with Crippen LogP contribution in [0.15, 0.2) is 30.9 Å². The van der Waals surface area contributed by atoms with Crippen molar-refractivity contribution in [3.8, 4) is 5.75 Å². The molecule has 3 heterocycles. The van der Waals surface area contributed by atoms with Crippen molar-refractivity contribution in [2.75, 3.05) is 13.1 Å². The summed E-state index contributed by atoms with van der Waals surface area (Å²) in [5.41, 5.74) is 1.70. The van der Waals surface area contributed by atoms with Crippen LogP contribution in [-0.2, 0) is 0 Å². The van der Waals surface area contributed by atoms with E-state index in [1.54, 1.807) is 18.6 Å². The monoisotopic (exact) mass is 328 g/mol. The third-order valence-corrected chi connectivity index (χ3v) is 4.37. The maximum Gasteiger partial charge on any atom is 0.257 e. The van der Waals surface area contributed by atoms with Gasteiger partial charge in [-0.15, -0.1) is 0 Å². The van der Waals surface area contributed by atoms with Gasteiger partial charge in [0.15, 0.2) is 0 Å². The number of amides is 1. The molecular weight excluding hydrogens is 304 g/mol. The van der Waals surface area contributed by atoms with Gasteiger partial charge in [-0.3, -0.25) is 14.5 Å². The van der Waals surface area contributed by atoms with Gasteiger partial charge < -0.3 is 9.64 Å². The van der Waals surface area contributed by atoms with Crippen molar-refractivity contribution in [1.82, 2.24) is 19.7 Å². The van der Waals surface area contributed by atoms with Crippen molar-refractivity contribution in [2.24, 2.45) is 0 Å². The number of aromatic nitrogens is 3. The zero-order valence-electron chi connectivity index (χ0n) is 14.5. The van der Waals surface area contributed by atoms with E-state index in [0.29, 0.717) is 18.7 Å². The van der Waals surface area contributed by atoms with Gasteiger partial charge in [0.2, 0.25) is 0 Å². The Balaban J connectivity index is 1.56. The summed E-state index contributed by atoms with van der Waals surface area (Å²) in [6, 6.07) is 2.15. The van der Waals surface area contributed by atoms with Crippen molar-refractivity contribution in [1.29, 1.82) is 0 Å². The molecule has 3 rings (SSSR count). The van der Waals surface area contributed by atoms with Gasteiger partial charge in [0.05, 0.1) is 11.8 Å². The van der Waals surface area contributed by atoms with Gasteiger partial charge in [-0.05, 0) is 26.8 Å². The van der Waals surface area contributed by atoms with Crippen molar-refractivity contribution in [3.05, 3.63) is 42.0 Å². The standard InChI is InChI=1S/C18H24N4O2/c1-13(2)22-12-15(11-20-22)18(23)21-8-5-16(6-9-21)24-17-4-7-19-10-14(17)3/h4,7,10-13,16H,5-6,8-9H2,1-3H3.